The predicted molar refractivity (Wildman–Crippen MR) is 97.1 cm³/mol. The Morgan fingerprint density at radius 1 is 1.25 bits per heavy atom. The minimum Gasteiger partial charge on any atom is -0.357 e. The number of halogens is 2. The molecule has 0 amide bonds. The minimum atomic E-state index is 0. The van der Waals surface area contributed by atoms with Crippen molar-refractivity contribution in [1.29, 1.82) is 0 Å². The van der Waals surface area contributed by atoms with Crippen molar-refractivity contribution in [3.05, 3.63) is 34.9 Å². The third-order valence-electron chi connectivity index (χ3n) is 3.37. The van der Waals surface area contributed by atoms with Crippen LogP contribution in [0.1, 0.15) is 38.2 Å². The number of nitrogens with one attached hydrogen (secondary N) is 2. The number of hydrogen-bond donors (Lipinski definition) is 2. The summed E-state index contributed by atoms with van der Waals surface area (Å²) in [6.07, 6.45) is 5.17. The number of nitrogens with zero attached hydrogens (tertiary/aromatic N) is 1. The summed E-state index contributed by atoms with van der Waals surface area (Å²) >= 11 is 5.88. The Morgan fingerprint density at radius 3 is 2.50 bits per heavy atom. The Hall–Kier alpha value is -0.490. The van der Waals surface area contributed by atoms with Gasteiger partial charge in [-0.05, 0) is 37.5 Å². The largest absolute Gasteiger partial charge is 0.357 e. The third kappa shape index (κ3) is 5.87. The molecule has 0 aromatic heterocycles. The first-order chi connectivity index (χ1) is 9.28. The van der Waals surface area contributed by atoms with Gasteiger partial charge in [0.1, 0.15) is 0 Å². The summed E-state index contributed by atoms with van der Waals surface area (Å²) in [6.45, 7) is 3.66. The molecule has 0 aliphatic heterocycles. The highest BCUT2D eigenvalue weighted by atomic mass is 127. The summed E-state index contributed by atoms with van der Waals surface area (Å²) in [5, 5.41) is 7.58. The van der Waals surface area contributed by atoms with E-state index in [9.17, 15) is 0 Å². The lowest BCUT2D eigenvalue weighted by atomic mass is 10.2. The maximum Gasteiger partial charge on any atom is 0.191 e. The van der Waals surface area contributed by atoms with Crippen molar-refractivity contribution in [1.82, 2.24) is 10.6 Å². The molecule has 0 heterocycles. The second-order valence-corrected chi connectivity index (χ2v) is 5.38. The Labute approximate surface area is 143 Å². The molecule has 2 rings (SSSR count). The topological polar surface area (TPSA) is 36.4 Å². The molecular weight excluding hydrogens is 385 g/mol. The van der Waals surface area contributed by atoms with Crippen LogP contribution < -0.4 is 10.6 Å². The molecule has 1 aromatic rings. The van der Waals surface area contributed by atoms with Gasteiger partial charge in [0.15, 0.2) is 5.96 Å². The van der Waals surface area contributed by atoms with E-state index in [1.807, 2.05) is 24.3 Å². The number of benzene rings is 1. The molecule has 0 spiro atoms. The van der Waals surface area contributed by atoms with E-state index in [4.69, 9.17) is 11.6 Å². The van der Waals surface area contributed by atoms with Gasteiger partial charge in [-0.1, -0.05) is 36.6 Å². The normalized spacial score (nSPS) is 15.8. The van der Waals surface area contributed by atoms with Gasteiger partial charge in [-0.3, -0.25) is 0 Å². The Kier molecular flexibility index (Phi) is 8.30. The molecule has 0 radical (unpaired) electrons. The van der Waals surface area contributed by atoms with Crippen molar-refractivity contribution in [2.45, 2.75) is 45.2 Å². The first-order valence-electron chi connectivity index (χ1n) is 7.07. The highest BCUT2D eigenvalue weighted by Crippen LogP contribution is 2.17. The molecular formula is C15H23ClIN3. The highest BCUT2D eigenvalue weighted by molar-refractivity contribution is 14.0. The smallest absolute Gasteiger partial charge is 0.191 e. The van der Waals surface area contributed by atoms with Gasteiger partial charge in [0, 0.05) is 17.6 Å². The zero-order valence-electron chi connectivity index (χ0n) is 11.9. The summed E-state index contributed by atoms with van der Waals surface area (Å²) in [4.78, 5) is 4.63. The van der Waals surface area contributed by atoms with Crippen molar-refractivity contribution in [2.75, 3.05) is 6.54 Å². The Morgan fingerprint density at radius 2 is 1.90 bits per heavy atom. The number of aliphatic imine (C=N–C) groups is 1. The summed E-state index contributed by atoms with van der Waals surface area (Å²) in [6, 6.07) is 8.44. The molecule has 0 bridgehead atoms. The van der Waals surface area contributed by atoms with Crippen LogP contribution in [-0.2, 0) is 6.54 Å². The van der Waals surface area contributed by atoms with Crippen LogP contribution in [0.25, 0.3) is 0 Å². The molecule has 1 fully saturated rings. The molecule has 1 saturated carbocycles. The summed E-state index contributed by atoms with van der Waals surface area (Å²) in [7, 11) is 0. The lowest BCUT2D eigenvalue weighted by Crippen LogP contribution is -2.42. The van der Waals surface area contributed by atoms with Crippen molar-refractivity contribution in [3.63, 3.8) is 0 Å². The monoisotopic (exact) mass is 407 g/mol. The van der Waals surface area contributed by atoms with E-state index in [0.717, 1.165) is 17.5 Å². The van der Waals surface area contributed by atoms with Gasteiger partial charge in [0.05, 0.1) is 6.54 Å². The van der Waals surface area contributed by atoms with Gasteiger partial charge in [0.25, 0.3) is 0 Å². The average Bonchev–Trinajstić information content (AvgIpc) is 2.91. The van der Waals surface area contributed by atoms with E-state index in [-0.39, 0.29) is 24.0 Å². The summed E-state index contributed by atoms with van der Waals surface area (Å²) in [5.74, 6) is 0.921. The fourth-order valence-corrected chi connectivity index (χ4v) is 2.47. The first-order valence-corrected chi connectivity index (χ1v) is 7.45. The average molecular weight is 408 g/mol. The molecule has 0 saturated heterocycles. The molecule has 0 atom stereocenters. The van der Waals surface area contributed by atoms with Gasteiger partial charge in [-0.15, -0.1) is 24.0 Å². The third-order valence-corrected chi connectivity index (χ3v) is 3.63. The number of rotatable bonds is 4. The predicted octanol–water partition coefficient (Wildman–Crippen LogP) is 3.96. The van der Waals surface area contributed by atoms with Gasteiger partial charge >= 0.3 is 0 Å². The van der Waals surface area contributed by atoms with Crippen LogP contribution in [0.3, 0.4) is 0 Å². The first kappa shape index (κ1) is 17.6. The maximum atomic E-state index is 5.88. The molecule has 0 unspecified atom stereocenters. The highest BCUT2D eigenvalue weighted by Gasteiger charge is 2.15. The van der Waals surface area contributed by atoms with Crippen molar-refractivity contribution in [3.8, 4) is 0 Å². The van der Waals surface area contributed by atoms with E-state index in [0.29, 0.717) is 12.6 Å². The molecule has 3 nitrogen and oxygen atoms in total. The summed E-state index contributed by atoms with van der Waals surface area (Å²) in [5.41, 5.74) is 1.17. The zero-order chi connectivity index (χ0) is 13.5. The second kappa shape index (κ2) is 9.45. The standard InChI is InChI=1S/C15H22ClN3.HI/c1-2-17-15(19-14-5-3-4-6-14)18-11-12-7-9-13(16)10-8-12;/h7-10,14H,2-6,11H2,1H3,(H2,17,18,19);1H. The van der Waals surface area contributed by atoms with Gasteiger partial charge in [0.2, 0.25) is 0 Å². The lowest BCUT2D eigenvalue weighted by molar-refractivity contribution is 0.614. The Balaban J connectivity index is 0.00000200. The fraction of sp³-hybridized carbons (Fsp3) is 0.533. The van der Waals surface area contributed by atoms with Crippen LogP contribution in [0.2, 0.25) is 5.02 Å². The van der Waals surface area contributed by atoms with Crippen LogP contribution in [0.4, 0.5) is 0 Å². The zero-order valence-corrected chi connectivity index (χ0v) is 14.9. The van der Waals surface area contributed by atoms with Crippen LogP contribution in [-0.4, -0.2) is 18.5 Å². The Bertz CT molecular complexity index is 414. The molecule has 2 N–H and O–H groups in total. The molecule has 1 aliphatic carbocycles. The molecule has 5 heteroatoms. The maximum absolute atomic E-state index is 5.88. The fourth-order valence-electron chi connectivity index (χ4n) is 2.34. The van der Waals surface area contributed by atoms with Crippen LogP contribution in [0.5, 0.6) is 0 Å². The van der Waals surface area contributed by atoms with Crippen LogP contribution in [0, 0.1) is 0 Å². The van der Waals surface area contributed by atoms with Crippen LogP contribution >= 0.6 is 35.6 Å². The molecule has 20 heavy (non-hydrogen) atoms. The lowest BCUT2D eigenvalue weighted by Gasteiger charge is -2.16. The van der Waals surface area contributed by atoms with E-state index < -0.39 is 0 Å². The van der Waals surface area contributed by atoms with E-state index >= 15 is 0 Å². The molecule has 112 valence electrons. The summed E-state index contributed by atoms with van der Waals surface area (Å²) < 4.78 is 0. The van der Waals surface area contributed by atoms with Gasteiger partial charge < -0.3 is 10.6 Å². The van der Waals surface area contributed by atoms with Crippen molar-refractivity contribution in [2.24, 2.45) is 4.99 Å². The number of hydrogen-bond acceptors (Lipinski definition) is 1. The minimum absolute atomic E-state index is 0. The van der Waals surface area contributed by atoms with Crippen molar-refractivity contribution >= 4 is 41.5 Å². The van der Waals surface area contributed by atoms with E-state index in [1.54, 1.807) is 0 Å². The molecule has 1 aromatic carbocycles. The van der Waals surface area contributed by atoms with Gasteiger partial charge in [-0.2, -0.15) is 0 Å². The van der Waals surface area contributed by atoms with Crippen LogP contribution in [0.15, 0.2) is 29.3 Å². The van der Waals surface area contributed by atoms with Gasteiger partial charge in [-0.25, -0.2) is 4.99 Å². The second-order valence-electron chi connectivity index (χ2n) is 4.95. The van der Waals surface area contributed by atoms with E-state index in [1.165, 1.54) is 31.2 Å². The van der Waals surface area contributed by atoms with Crippen molar-refractivity contribution < 1.29 is 0 Å². The number of guanidine groups is 1. The van der Waals surface area contributed by atoms with E-state index in [2.05, 4.69) is 22.5 Å². The SMILES string of the molecule is CCNC(=NCc1ccc(Cl)cc1)NC1CCCC1.I. The quantitative estimate of drug-likeness (QED) is 0.450. The molecule has 1 aliphatic rings.